The van der Waals surface area contributed by atoms with Gasteiger partial charge in [0.2, 0.25) is 5.91 Å². The molecule has 3 aromatic rings. The quantitative estimate of drug-likeness (QED) is 0.259. The Morgan fingerprint density at radius 3 is 2.43 bits per heavy atom. The lowest BCUT2D eigenvalue weighted by Crippen LogP contribution is -2.48. The molecule has 3 N–H and O–H groups in total. The highest BCUT2D eigenvalue weighted by Crippen LogP contribution is 2.19. The van der Waals surface area contributed by atoms with Crippen molar-refractivity contribution in [1.29, 1.82) is 0 Å². The molecule has 0 fully saturated rings. The van der Waals surface area contributed by atoms with E-state index in [0.717, 1.165) is 16.3 Å². The molecule has 0 bridgehead atoms. The van der Waals surface area contributed by atoms with Crippen LogP contribution in [0.25, 0.3) is 16.8 Å². The summed E-state index contributed by atoms with van der Waals surface area (Å²) in [5.41, 5.74) is 4.96. The topological polar surface area (TPSA) is 113 Å². The van der Waals surface area contributed by atoms with Crippen molar-refractivity contribution in [1.82, 2.24) is 16.2 Å². The number of hydrogen-bond donors (Lipinski definition) is 3. The Morgan fingerprint density at radius 1 is 0.933 bits per heavy atom. The number of hydrogen-bond acceptors (Lipinski definition) is 5. The number of nitrogens with zero attached hydrogens (tertiary/aromatic N) is 1. The Kier molecular flexibility index (Phi) is 6.46. The SMILES string of the molecule is O=C(/C=C/c1cccc2ccccc12)NC(=S)NNC(=O)c1ccccc1[N+](=O)[O-]. The zero-order valence-corrected chi connectivity index (χ0v) is 16.3. The van der Waals surface area contributed by atoms with Crippen LogP contribution in [0, 0.1) is 10.1 Å². The Labute approximate surface area is 176 Å². The number of rotatable bonds is 4. The number of para-hydroxylation sites is 1. The van der Waals surface area contributed by atoms with E-state index in [1.807, 2.05) is 42.5 Å². The molecule has 0 saturated heterocycles. The highest BCUT2D eigenvalue weighted by Gasteiger charge is 2.19. The molecule has 0 aliphatic carbocycles. The first-order valence-electron chi connectivity index (χ1n) is 8.76. The van der Waals surface area contributed by atoms with E-state index in [9.17, 15) is 19.7 Å². The van der Waals surface area contributed by atoms with E-state index in [2.05, 4.69) is 16.2 Å². The van der Waals surface area contributed by atoms with E-state index in [0.29, 0.717) is 0 Å². The van der Waals surface area contributed by atoms with Gasteiger partial charge in [0.25, 0.3) is 11.6 Å². The molecule has 0 atom stereocenters. The maximum atomic E-state index is 12.1. The molecule has 0 aromatic heterocycles. The standard InChI is InChI=1S/C21H16N4O4S/c26-19(13-12-15-8-5-7-14-6-1-2-9-16(14)15)22-21(30)24-23-20(27)17-10-3-4-11-18(17)25(28)29/h1-13H,(H,23,27)(H2,22,24,26,30)/b13-12+. The van der Waals surface area contributed by atoms with Crippen molar-refractivity contribution in [3.63, 3.8) is 0 Å². The fraction of sp³-hybridized carbons (Fsp3) is 0. The number of hydrazine groups is 1. The molecular weight excluding hydrogens is 404 g/mol. The second-order valence-electron chi connectivity index (χ2n) is 6.07. The first-order valence-corrected chi connectivity index (χ1v) is 9.17. The Morgan fingerprint density at radius 2 is 1.63 bits per heavy atom. The van der Waals surface area contributed by atoms with Gasteiger partial charge in [-0.1, -0.05) is 54.6 Å². The lowest BCUT2D eigenvalue weighted by Gasteiger charge is -2.10. The number of carbonyl (C=O) groups excluding carboxylic acids is 2. The monoisotopic (exact) mass is 420 g/mol. The molecule has 0 heterocycles. The number of nitro groups is 1. The molecule has 0 spiro atoms. The zero-order chi connectivity index (χ0) is 21.5. The van der Waals surface area contributed by atoms with Crippen LogP contribution in [0.2, 0.25) is 0 Å². The largest absolute Gasteiger partial charge is 0.298 e. The van der Waals surface area contributed by atoms with E-state index in [1.54, 1.807) is 6.08 Å². The van der Waals surface area contributed by atoms with Gasteiger partial charge in [-0.15, -0.1) is 0 Å². The molecule has 150 valence electrons. The molecule has 0 aliphatic heterocycles. The van der Waals surface area contributed by atoms with Crippen LogP contribution < -0.4 is 16.2 Å². The summed E-state index contributed by atoms with van der Waals surface area (Å²) in [5.74, 6) is -1.26. The molecule has 2 amide bonds. The van der Waals surface area contributed by atoms with Gasteiger partial charge in [0.1, 0.15) is 5.56 Å². The van der Waals surface area contributed by atoms with Crippen LogP contribution in [0.3, 0.4) is 0 Å². The number of carbonyl (C=O) groups is 2. The van der Waals surface area contributed by atoms with Gasteiger partial charge in [0, 0.05) is 12.1 Å². The number of benzene rings is 3. The maximum absolute atomic E-state index is 12.1. The van der Waals surface area contributed by atoms with Gasteiger partial charge in [-0.3, -0.25) is 35.9 Å². The predicted octanol–water partition coefficient (Wildman–Crippen LogP) is 3.10. The van der Waals surface area contributed by atoms with Crippen molar-refractivity contribution in [2.75, 3.05) is 0 Å². The first-order chi connectivity index (χ1) is 14.5. The van der Waals surface area contributed by atoms with E-state index >= 15 is 0 Å². The van der Waals surface area contributed by atoms with Crippen molar-refractivity contribution in [3.8, 4) is 0 Å². The molecule has 0 radical (unpaired) electrons. The van der Waals surface area contributed by atoms with Crippen LogP contribution in [0.1, 0.15) is 15.9 Å². The van der Waals surface area contributed by atoms with Crippen molar-refractivity contribution in [3.05, 3.63) is 94.0 Å². The van der Waals surface area contributed by atoms with Crippen LogP contribution in [-0.4, -0.2) is 21.9 Å². The van der Waals surface area contributed by atoms with E-state index < -0.39 is 16.7 Å². The van der Waals surface area contributed by atoms with Crippen molar-refractivity contribution < 1.29 is 14.5 Å². The minimum absolute atomic E-state index is 0.139. The van der Waals surface area contributed by atoms with Crippen molar-refractivity contribution in [2.24, 2.45) is 0 Å². The zero-order valence-electron chi connectivity index (χ0n) is 15.5. The van der Waals surface area contributed by atoms with Gasteiger partial charge < -0.3 is 0 Å². The summed E-state index contributed by atoms with van der Waals surface area (Å²) in [5, 5.41) is 15.3. The minimum atomic E-state index is -0.759. The maximum Gasteiger partial charge on any atom is 0.282 e. The van der Waals surface area contributed by atoms with Gasteiger partial charge in [0.15, 0.2) is 5.11 Å². The molecule has 0 saturated carbocycles. The van der Waals surface area contributed by atoms with E-state index in [1.165, 1.54) is 30.3 Å². The second-order valence-corrected chi connectivity index (χ2v) is 6.48. The average Bonchev–Trinajstić information content (AvgIpc) is 2.76. The van der Waals surface area contributed by atoms with Crippen LogP contribution in [0.5, 0.6) is 0 Å². The second kappa shape index (κ2) is 9.39. The van der Waals surface area contributed by atoms with Crippen LogP contribution >= 0.6 is 12.2 Å². The molecule has 3 rings (SSSR count). The van der Waals surface area contributed by atoms with Crippen LogP contribution in [0.15, 0.2) is 72.8 Å². The number of nitrogens with one attached hydrogen (secondary N) is 3. The number of nitro benzene ring substituents is 1. The Hall–Kier alpha value is -4.11. The molecular formula is C21H16N4O4S. The van der Waals surface area contributed by atoms with Gasteiger partial charge in [-0.05, 0) is 40.7 Å². The predicted molar refractivity (Wildman–Crippen MR) is 117 cm³/mol. The third-order valence-electron chi connectivity index (χ3n) is 4.11. The van der Waals surface area contributed by atoms with Gasteiger partial charge in [-0.2, -0.15) is 0 Å². The lowest BCUT2D eigenvalue weighted by molar-refractivity contribution is -0.385. The van der Waals surface area contributed by atoms with Crippen LogP contribution in [0.4, 0.5) is 5.69 Å². The molecule has 0 unspecified atom stereocenters. The molecule has 3 aromatic carbocycles. The summed E-state index contributed by atoms with van der Waals surface area (Å²) in [4.78, 5) is 34.6. The smallest absolute Gasteiger partial charge is 0.282 e. The minimum Gasteiger partial charge on any atom is -0.298 e. The van der Waals surface area contributed by atoms with E-state index in [4.69, 9.17) is 12.2 Å². The van der Waals surface area contributed by atoms with Crippen LogP contribution in [-0.2, 0) is 4.79 Å². The summed E-state index contributed by atoms with van der Waals surface area (Å²) in [6.07, 6.45) is 2.98. The van der Waals surface area contributed by atoms with Gasteiger partial charge >= 0.3 is 0 Å². The fourth-order valence-corrected chi connectivity index (χ4v) is 2.90. The number of amides is 2. The fourth-order valence-electron chi connectivity index (χ4n) is 2.75. The van der Waals surface area contributed by atoms with Crippen molar-refractivity contribution >= 4 is 51.7 Å². The summed E-state index contributed by atoms with van der Waals surface area (Å²) >= 11 is 4.97. The lowest BCUT2D eigenvalue weighted by atomic mass is 10.0. The van der Waals surface area contributed by atoms with Crippen molar-refractivity contribution in [2.45, 2.75) is 0 Å². The van der Waals surface area contributed by atoms with E-state index in [-0.39, 0.29) is 16.4 Å². The summed E-state index contributed by atoms with van der Waals surface area (Å²) < 4.78 is 0. The van der Waals surface area contributed by atoms with Gasteiger partial charge in [0.05, 0.1) is 4.92 Å². The molecule has 8 nitrogen and oxygen atoms in total. The molecule has 9 heteroatoms. The number of thiocarbonyl (C=S) groups is 1. The Bertz CT molecular complexity index is 1170. The normalized spacial score (nSPS) is 10.5. The summed E-state index contributed by atoms with van der Waals surface area (Å²) in [6.45, 7) is 0. The average molecular weight is 420 g/mol. The summed E-state index contributed by atoms with van der Waals surface area (Å²) in [6, 6.07) is 19.0. The summed E-state index contributed by atoms with van der Waals surface area (Å²) in [7, 11) is 0. The number of fused-ring (bicyclic) bond motifs is 1. The highest BCUT2D eigenvalue weighted by atomic mass is 32.1. The third kappa shape index (κ3) is 5.03. The van der Waals surface area contributed by atoms with Gasteiger partial charge in [-0.25, -0.2) is 0 Å². The highest BCUT2D eigenvalue weighted by molar-refractivity contribution is 7.80. The Balaban J connectivity index is 1.57. The molecule has 30 heavy (non-hydrogen) atoms. The third-order valence-corrected chi connectivity index (χ3v) is 4.31. The molecule has 0 aliphatic rings. The first kappa shape index (κ1) is 20.6.